The van der Waals surface area contributed by atoms with Crippen molar-refractivity contribution in [2.75, 3.05) is 5.32 Å². The molecule has 0 saturated heterocycles. The van der Waals surface area contributed by atoms with Gasteiger partial charge in [-0.15, -0.1) is 10.2 Å². The number of anilines is 2. The molecule has 3 rings (SSSR count). The lowest BCUT2D eigenvalue weighted by atomic mass is 10.2. The molecule has 0 aliphatic carbocycles. The Bertz CT molecular complexity index is 1240. The molecule has 172 valence electrons. The molecular weight excluding hydrogens is 469 g/mol. The number of aromatic nitrogens is 4. The van der Waals surface area contributed by atoms with E-state index < -0.39 is 34.4 Å². The zero-order chi connectivity index (χ0) is 24.2. The molecule has 8 nitrogen and oxygen atoms in total. The van der Waals surface area contributed by atoms with Gasteiger partial charge in [-0.05, 0) is 12.1 Å². The highest BCUT2D eigenvalue weighted by Crippen LogP contribution is 2.34. The van der Waals surface area contributed by atoms with Crippen molar-refractivity contribution in [3.8, 4) is 0 Å². The largest absolute Gasteiger partial charge is 0.445 e. The van der Waals surface area contributed by atoms with Crippen molar-refractivity contribution in [2.24, 2.45) is 10.7 Å². The second kappa shape index (κ2) is 9.77. The summed E-state index contributed by atoms with van der Waals surface area (Å²) < 4.78 is 65.8. The van der Waals surface area contributed by atoms with Gasteiger partial charge < -0.3 is 11.1 Å². The molecule has 0 atom stereocenters. The van der Waals surface area contributed by atoms with Crippen LogP contribution in [0.5, 0.6) is 0 Å². The highest BCUT2D eigenvalue weighted by molar-refractivity contribution is 7.15. The zero-order valence-electron chi connectivity index (χ0n) is 16.7. The topological polar surface area (TPSA) is 119 Å². The number of benzene rings is 1. The molecule has 3 N–H and O–H groups in total. The standard InChI is InChI=1S/C19H14F5N7OS/c1-9(32)14(26-7-10-4-2-3-5-11(10)20)6-13(25)16-27-8-12(21)15(28-16)29-18-31-30-17(33-18)19(22,23)24/h2-6,8H,7,25H2,1H3,(H,27,28,29,31). The number of halogens is 5. The van der Waals surface area contributed by atoms with E-state index in [4.69, 9.17) is 5.73 Å². The fourth-order valence-corrected chi connectivity index (χ4v) is 2.96. The molecule has 1 aromatic carbocycles. The summed E-state index contributed by atoms with van der Waals surface area (Å²) >= 11 is 0.152. The molecule has 0 amide bonds. The van der Waals surface area contributed by atoms with Gasteiger partial charge in [0.25, 0.3) is 0 Å². The van der Waals surface area contributed by atoms with Crippen LogP contribution in [0.2, 0.25) is 0 Å². The SMILES string of the molecule is CC(=O)C(C=C(N)c1ncc(F)c(Nc2nnc(C(F)(F)F)s2)n1)=NCc1ccccc1F. The van der Waals surface area contributed by atoms with E-state index in [1.165, 1.54) is 25.1 Å². The Balaban J connectivity index is 1.85. The van der Waals surface area contributed by atoms with E-state index in [0.29, 0.717) is 0 Å². The quantitative estimate of drug-likeness (QED) is 0.386. The Morgan fingerprint density at radius 2 is 1.94 bits per heavy atom. The molecule has 0 bridgehead atoms. The number of nitrogens with two attached hydrogens (primary N) is 1. The second-order valence-electron chi connectivity index (χ2n) is 6.37. The molecule has 2 heterocycles. The van der Waals surface area contributed by atoms with E-state index in [1.54, 1.807) is 6.07 Å². The Kier molecular flexibility index (Phi) is 7.06. The third-order valence-electron chi connectivity index (χ3n) is 3.93. The molecule has 0 spiro atoms. The van der Waals surface area contributed by atoms with Crippen molar-refractivity contribution >= 4 is 39.5 Å². The van der Waals surface area contributed by atoms with Crippen LogP contribution >= 0.6 is 11.3 Å². The Hall–Kier alpha value is -3.81. The molecule has 3 aromatic rings. The van der Waals surface area contributed by atoms with Gasteiger partial charge in [0.05, 0.1) is 18.4 Å². The van der Waals surface area contributed by atoms with Crippen LogP contribution in [0.15, 0.2) is 41.5 Å². The van der Waals surface area contributed by atoms with Crippen LogP contribution in [0.25, 0.3) is 5.70 Å². The number of ketones is 1. The van der Waals surface area contributed by atoms with Crippen LogP contribution in [0.3, 0.4) is 0 Å². The molecule has 0 aliphatic heterocycles. The van der Waals surface area contributed by atoms with E-state index in [0.717, 1.165) is 12.3 Å². The first-order valence-corrected chi connectivity index (χ1v) is 9.83. The van der Waals surface area contributed by atoms with Crippen LogP contribution in [0, 0.1) is 11.6 Å². The van der Waals surface area contributed by atoms with Crippen LogP contribution < -0.4 is 11.1 Å². The molecule has 0 saturated carbocycles. The lowest BCUT2D eigenvalue weighted by Crippen LogP contribution is -2.13. The van der Waals surface area contributed by atoms with Crippen LogP contribution in [-0.2, 0) is 17.5 Å². The number of carbonyl (C=O) groups excluding carboxylic acids is 1. The van der Waals surface area contributed by atoms with Gasteiger partial charge in [0, 0.05) is 12.5 Å². The first-order chi connectivity index (χ1) is 15.5. The zero-order valence-corrected chi connectivity index (χ0v) is 17.5. The number of aliphatic imine (C=N–C) groups is 1. The average molecular weight is 483 g/mol. The van der Waals surface area contributed by atoms with Gasteiger partial charge in [-0.3, -0.25) is 9.79 Å². The molecule has 14 heteroatoms. The maximum Gasteiger partial charge on any atom is 0.445 e. The predicted molar refractivity (Wildman–Crippen MR) is 111 cm³/mol. The molecule has 0 aliphatic rings. The van der Waals surface area contributed by atoms with Crippen molar-refractivity contribution in [2.45, 2.75) is 19.6 Å². The third kappa shape index (κ3) is 6.12. The fraction of sp³-hybridized carbons (Fsp3) is 0.158. The van der Waals surface area contributed by atoms with Crippen LogP contribution in [0.4, 0.5) is 32.9 Å². The summed E-state index contributed by atoms with van der Waals surface area (Å²) in [5.41, 5.74) is 5.86. The summed E-state index contributed by atoms with van der Waals surface area (Å²) in [6.07, 6.45) is -2.83. The Morgan fingerprint density at radius 1 is 1.21 bits per heavy atom. The highest BCUT2D eigenvalue weighted by Gasteiger charge is 2.35. The summed E-state index contributed by atoms with van der Waals surface area (Å²) in [5, 5.41) is 6.98. The van der Waals surface area contributed by atoms with E-state index in [-0.39, 0.29) is 45.8 Å². The maximum atomic E-state index is 14.1. The number of carbonyl (C=O) groups is 1. The summed E-state index contributed by atoms with van der Waals surface area (Å²) in [6.45, 7) is 1.08. The summed E-state index contributed by atoms with van der Waals surface area (Å²) in [6, 6.07) is 5.87. The number of alkyl halides is 3. The lowest BCUT2D eigenvalue weighted by Gasteiger charge is -2.06. The summed E-state index contributed by atoms with van der Waals surface area (Å²) in [5.74, 6) is -2.71. The number of Topliss-reactive ketones (excluding diaryl/α,β-unsaturated/α-hetero) is 1. The Morgan fingerprint density at radius 3 is 2.58 bits per heavy atom. The van der Waals surface area contributed by atoms with Gasteiger partial charge in [-0.25, -0.2) is 18.7 Å². The summed E-state index contributed by atoms with van der Waals surface area (Å²) in [4.78, 5) is 23.5. The third-order valence-corrected chi connectivity index (χ3v) is 4.81. The molecule has 2 aromatic heterocycles. The van der Waals surface area contributed by atoms with E-state index >= 15 is 0 Å². The van der Waals surface area contributed by atoms with Gasteiger partial charge in [-0.1, -0.05) is 29.5 Å². The summed E-state index contributed by atoms with van der Waals surface area (Å²) in [7, 11) is 0. The van der Waals surface area contributed by atoms with E-state index in [9.17, 15) is 26.7 Å². The number of hydrogen-bond acceptors (Lipinski definition) is 9. The number of allylic oxidation sites excluding steroid dienone is 1. The first-order valence-electron chi connectivity index (χ1n) is 9.01. The number of hydrogen-bond donors (Lipinski definition) is 2. The fourth-order valence-electron chi connectivity index (χ4n) is 2.35. The van der Waals surface area contributed by atoms with Crippen LogP contribution in [-0.4, -0.2) is 31.7 Å². The van der Waals surface area contributed by atoms with Crippen molar-refractivity contribution in [3.63, 3.8) is 0 Å². The maximum absolute atomic E-state index is 14.1. The average Bonchev–Trinajstić information content (AvgIpc) is 3.22. The molecule has 0 radical (unpaired) electrons. The minimum Gasteiger partial charge on any atom is -0.396 e. The number of nitrogens with one attached hydrogen (secondary N) is 1. The monoisotopic (exact) mass is 483 g/mol. The van der Waals surface area contributed by atoms with Gasteiger partial charge in [0.2, 0.25) is 10.1 Å². The minimum atomic E-state index is -4.70. The van der Waals surface area contributed by atoms with Gasteiger partial charge in [-0.2, -0.15) is 13.2 Å². The number of rotatable bonds is 7. The number of nitrogens with zero attached hydrogens (tertiary/aromatic N) is 5. The van der Waals surface area contributed by atoms with Crippen molar-refractivity contribution in [1.29, 1.82) is 0 Å². The normalized spacial score (nSPS) is 12.7. The van der Waals surface area contributed by atoms with Crippen molar-refractivity contribution in [1.82, 2.24) is 20.2 Å². The van der Waals surface area contributed by atoms with Crippen LogP contribution in [0.1, 0.15) is 23.3 Å². The molecular formula is C19H14F5N7OS. The van der Waals surface area contributed by atoms with Gasteiger partial charge >= 0.3 is 6.18 Å². The highest BCUT2D eigenvalue weighted by atomic mass is 32.1. The van der Waals surface area contributed by atoms with E-state index in [2.05, 4.69) is 30.5 Å². The van der Waals surface area contributed by atoms with Gasteiger partial charge in [0.15, 0.2) is 23.2 Å². The predicted octanol–water partition coefficient (Wildman–Crippen LogP) is 3.90. The molecule has 0 fully saturated rings. The first kappa shape index (κ1) is 23.8. The van der Waals surface area contributed by atoms with Crippen molar-refractivity contribution < 1.29 is 26.7 Å². The lowest BCUT2D eigenvalue weighted by molar-refractivity contribution is -0.138. The second-order valence-corrected chi connectivity index (χ2v) is 7.35. The van der Waals surface area contributed by atoms with Crippen molar-refractivity contribution in [3.05, 3.63) is 64.6 Å². The Labute approximate surface area is 187 Å². The van der Waals surface area contributed by atoms with Gasteiger partial charge in [0.1, 0.15) is 11.5 Å². The molecule has 33 heavy (non-hydrogen) atoms. The smallest absolute Gasteiger partial charge is 0.396 e. The minimum absolute atomic E-state index is 0.114. The molecule has 0 unspecified atom stereocenters. The van der Waals surface area contributed by atoms with E-state index in [1.807, 2.05) is 0 Å².